The van der Waals surface area contributed by atoms with E-state index in [1.54, 1.807) is 7.11 Å². The van der Waals surface area contributed by atoms with Crippen LogP contribution in [0.4, 0.5) is 5.69 Å². The molecule has 0 saturated carbocycles. The number of amides is 1. The third-order valence-corrected chi connectivity index (χ3v) is 3.69. The minimum absolute atomic E-state index is 0.0523. The molecule has 1 aliphatic heterocycles. The number of anilines is 1. The quantitative estimate of drug-likeness (QED) is 0.919. The number of rotatable bonds is 4. The summed E-state index contributed by atoms with van der Waals surface area (Å²) in [5, 5.41) is 2.93. The van der Waals surface area contributed by atoms with Crippen LogP contribution in [0.15, 0.2) is 24.3 Å². The molecule has 1 aromatic carbocycles. The third kappa shape index (κ3) is 4.23. The summed E-state index contributed by atoms with van der Waals surface area (Å²) in [6, 6.07) is 7.41. The summed E-state index contributed by atoms with van der Waals surface area (Å²) in [6.07, 6.45) is 1.26. The number of nitrogens with one attached hydrogen (secondary N) is 1. The molecular formula is C16H24N2O2. The molecule has 1 heterocycles. The molecule has 1 amide bonds. The van der Waals surface area contributed by atoms with Crippen LogP contribution in [0.25, 0.3) is 0 Å². The van der Waals surface area contributed by atoms with Crippen molar-refractivity contribution in [3.63, 3.8) is 0 Å². The number of carbonyl (C=O) groups is 1. The van der Waals surface area contributed by atoms with E-state index in [1.165, 1.54) is 6.42 Å². The Bertz CT molecular complexity index is 434. The Morgan fingerprint density at radius 2 is 1.85 bits per heavy atom. The Balaban J connectivity index is 1.85. The summed E-state index contributed by atoms with van der Waals surface area (Å²) in [5.41, 5.74) is 0.814. The predicted octanol–water partition coefficient (Wildman–Crippen LogP) is 2.61. The largest absolute Gasteiger partial charge is 0.497 e. The average Bonchev–Trinajstić information content (AvgIpc) is 2.38. The molecule has 2 atom stereocenters. The van der Waals surface area contributed by atoms with E-state index in [-0.39, 0.29) is 5.91 Å². The zero-order valence-corrected chi connectivity index (χ0v) is 12.6. The van der Waals surface area contributed by atoms with Gasteiger partial charge in [-0.2, -0.15) is 0 Å². The lowest BCUT2D eigenvalue weighted by atomic mass is 9.92. The lowest BCUT2D eigenvalue weighted by molar-refractivity contribution is -0.117. The van der Waals surface area contributed by atoms with Crippen LogP contribution in [0.5, 0.6) is 5.75 Å². The molecule has 1 saturated heterocycles. The molecule has 0 spiro atoms. The summed E-state index contributed by atoms with van der Waals surface area (Å²) in [5.74, 6) is 2.19. The van der Waals surface area contributed by atoms with Crippen LogP contribution in [0.1, 0.15) is 20.3 Å². The zero-order valence-electron chi connectivity index (χ0n) is 12.6. The molecule has 0 unspecified atom stereocenters. The number of piperidine rings is 1. The lowest BCUT2D eigenvalue weighted by Crippen LogP contribution is -2.42. The SMILES string of the molecule is COc1ccc(NC(=O)CN2C[C@H](C)C[C@H](C)C2)cc1. The molecule has 2 rings (SSSR count). The normalized spacial score (nSPS) is 23.4. The Morgan fingerprint density at radius 1 is 1.25 bits per heavy atom. The molecule has 110 valence electrons. The van der Waals surface area contributed by atoms with Crippen LogP contribution in [-0.4, -0.2) is 37.6 Å². The second-order valence-corrected chi connectivity index (χ2v) is 5.92. The fraction of sp³-hybridized carbons (Fsp3) is 0.562. The number of hydrogen-bond acceptors (Lipinski definition) is 3. The monoisotopic (exact) mass is 276 g/mol. The van der Waals surface area contributed by atoms with Crippen molar-refractivity contribution in [3.8, 4) is 5.75 Å². The molecular weight excluding hydrogens is 252 g/mol. The highest BCUT2D eigenvalue weighted by Gasteiger charge is 2.23. The lowest BCUT2D eigenvalue weighted by Gasteiger charge is -2.34. The molecule has 4 nitrogen and oxygen atoms in total. The van der Waals surface area contributed by atoms with Gasteiger partial charge in [-0.05, 0) is 42.5 Å². The second kappa shape index (κ2) is 6.75. The summed E-state index contributed by atoms with van der Waals surface area (Å²) in [4.78, 5) is 14.3. The molecule has 1 fully saturated rings. The molecule has 4 heteroatoms. The summed E-state index contributed by atoms with van der Waals surface area (Å²) in [6.45, 7) is 7.01. The first kappa shape index (κ1) is 14.9. The number of benzene rings is 1. The maximum absolute atomic E-state index is 12.1. The molecule has 1 aromatic rings. The van der Waals surface area contributed by atoms with Gasteiger partial charge < -0.3 is 10.1 Å². The Labute approximate surface area is 121 Å². The number of nitrogens with zero attached hydrogens (tertiary/aromatic N) is 1. The van der Waals surface area contributed by atoms with E-state index in [1.807, 2.05) is 24.3 Å². The van der Waals surface area contributed by atoms with E-state index in [0.717, 1.165) is 24.5 Å². The van der Waals surface area contributed by atoms with Crippen LogP contribution in [0.2, 0.25) is 0 Å². The smallest absolute Gasteiger partial charge is 0.238 e. The van der Waals surface area contributed by atoms with Gasteiger partial charge in [0, 0.05) is 18.8 Å². The maximum atomic E-state index is 12.1. The molecule has 20 heavy (non-hydrogen) atoms. The summed E-state index contributed by atoms with van der Waals surface area (Å²) in [7, 11) is 1.63. The second-order valence-electron chi connectivity index (χ2n) is 5.92. The minimum atomic E-state index is 0.0523. The Morgan fingerprint density at radius 3 is 2.40 bits per heavy atom. The first-order chi connectivity index (χ1) is 9.56. The van der Waals surface area contributed by atoms with Crippen molar-refractivity contribution in [2.75, 3.05) is 32.1 Å². The van der Waals surface area contributed by atoms with E-state index in [4.69, 9.17) is 4.74 Å². The van der Waals surface area contributed by atoms with Gasteiger partial charge >= 0.3 is 0 Å². The van der Waals surface area contributed by atoms with Gasteiger partial charge in [-0.3, -0.25) is 9.69 Å². The van der Waals surface area contributed by atoms with Crippen LogP contribution < -0.4 is 10.1 Å². The standard InChI is InChI=1S/C16H24N2O2/c1-12-8-13(2)10-18(9-12)11-16(19)17-14-4-6-15(20-3)7-5-14/h4-7,12-13H,8-11H2,1-3H3,(H,17,19)/t12-,13+. The van der Waals surface area contributed by atoms with Crippen molar-refractivity contribution >= 4 is 11.6 Å². The van der Waals surface area contributed by atoms with Crippen LogP contribution >= 0.6 is 0 Å². The summed E-state index contributed by atoms with van der Waals surface area (Å²) < 4.78 is 5.10. The third-order valence-electron chi connectivity index (χ3n) is 3.69. The average molecular weight is 276 g/mol. The van der Waals surface area contributed by atoms with Gasteiger partial charge in [-0.25, -0.2) is 0 Å². The van der Waals surface area contributed by atoms with Gasteiger partial charge in [0.2, 0.25) is 5.91 Å². The van der Waals surface area contributed by atoms with Crippen LogP contribution in [0, 0.1) is 11.8 Å². The van der Waals surface area contributed by atoms with E-state index in [9.17, 15) is 4.79 Å². The zero-order chi connectivity index (χ0) is 14.5. The van der Waals surface area contributed by atoms with Gasteiger partial charge in [0.15, 0.2) is 0 Å². The maximum Gasteiger partial charge on any atom is 0.238 e. The number of ether oxygens (including phenoxy) is 1. The number of methoxy groups -OCH3 is 1. The van der Waals surface area contributed by atoms with Crippen molar-refractivity contribution in [2.24, 2.45) is 11.8 Å². The molecule has 0 radical (unpaired) electrons. The Hall–Kier alpha value is -1.55. The molecule has 0 aromatic heterocycles. The Kier molecular flexibility index (Phi) is 5.01. The van der Waals surface area contributed by atoms with E-state index in [2.05, 4.69) is 24.1 Å². The van der Waals surface area contributed by atoms with Gasteiger partial charge in [0.05, 0.1) is 13.7 Å². The van der Waals surface area contributed by atoms with Gasteiger partial charge in [0.25, 0.3) is 0 Å². The van der Waals surface area contributed by atoms with Crippen molar-refractivity contribution in [3.05, 3.63) is 24.3 Å². The fourth-order valence-electron chi connectivity index (χ4n) is 3.00. The predicted molar refractivity (Wildman–Crippen MR) is 81.0 cm³/mol. The van der Waals surface area contributed by atoms with Crippen molar-refractivity contribution < 1.29 is 9.53 Å². The number of likely N-dealkylation sites (tertiary alicyclic amines) is 1. The van der Waals surface area contributed by atoms with E-state index >= 15 is 0 Å². The molecule has 0 bridgehead atoms. The highest BCUT2D eigenvalue weighted by molar-refractivity contribution is 5.92. The van der Waals surface area contributed by atoms with E-state index in [0.29, 0.717) is 18.4 Å². The first-order valence-corrected chi connectivity index (χ1v) is 7.23. The van der Waals surface area contributed by atoms with Gasteiger partial charge in [0.1, 0.15) is 5.75 Å². The summed E-state index contributed by atoms with van der Waals surface area (Å²) >= 11 is 0. The highest BCUT2D eigenvalue weighted by atomic mass is 16.5. The van der Waals surface area contributed by atoms with Crippen molar-refractivity contribution in [1.82, 2.24) is 4.90 Å². The fourth-order valence-corrected chi connectivity index (χ4v) is 3.00. The van der Waals surface area contributed by atoms with Crippen molar-refractivity contribution in [1.29, 1.82) is 0 Å². The minimum Gasteiger partial charge on any atom is -0.497 e. The first-order valence-electron chi connectivity index (χ1n) is 7.23. The topological polar surface area (TPSA) is 41.6 Å². The van der Waals surface area contributed by atoms with Crippen LogP contribution in [-0.2, 0) is 4.79 Å². The van der Waals surface area contributed by atoms with Gasteiger partial charge in [-0.15, -0.1) is 0 Å². The highest BCUT2D eigenvalue weighted by Crippen LogP contribution is 2.21. The molecule has 1 N–H and O–H groups in total. The molecule has 1 aliphatic rings. The van der Waals surface area contributed by atoms with Crippen LogP contribution in [0.3, 0.4) is 0 Å². The number of hydrogen-bond donors (Lipinski definition) is 1. The van der Waals surface area contributed by atoms with Gasteiger partial charge in [-0.1, -0.05) is 13.8 Å². The number of carbonyl (C=O) groups excluding carboxylic acids is 1. The molecule has 0 aliphatic carbocycles. The van der Waals surface area contributed by atoms with E-state index < -0.39 is 0 Å². The van der Waals surface area contributed by atoms with Crippen molar-refractivity contribution in [2.45, 2.75) is 20.3 Å².